The molecule has 0 spiro atoms. The van der Waals surface area contributed by atoms with Crippen molar-refractivity contribution in [2.75, 3.05) is 24.5 Å². The molecule has 1 saturated heterocycles. The van der Waals surface area contributed by atoms with Crippen molar-refractivity contribution in [3.05, 3.63) is 30.3 Å². The number of rotatable bonds is 6. The molecular weight excluding hydrogens is 264 g/mol. The molecule has 1 aliphatic heterocycles. The Hall–Kier alpha value is -1.55. The summed E-state index contributed by atoms with van der Waals surface area (Å²) in [6.07, 6.45) is 1.84. The van der Waals surface area contributed by atoms with Crippen LogP contribution in [0.15, 0.2) is 30.3 Å². The average molecular weight is 290 g/mol. The van der Waals surface area contributed by atoms with Crippen LogP contribution in [0.25, 0.3) is 0 Å². The van der Waals surface area contributed by atoms with Gasteiger partial charge < -0.3 is 15.3 Å². The Morgan fingerprint density at radius 1 is 1.33 bits per heavy atom. The molecular formula is C17H26N2O2. The van der Waals surface area contributed by atoms with E-state index in [0.29, 0.717) is 12.5 Å². The van der Waals surface area contributed by atoms with Gasteiger partial charge in [0.15, 0.2) is 0 Å². The zero-order valence-corrected chi connectivity index (χ0v) is 13.0. The first-order valence-corrected chi connectivity index (χ1v) is 7.82. The van der Waals surface area contributed by atoms with E-state index in [4.69, 9.17) is 0 Å². The lowest BCUT2D eigenvalue weighted by Gasteiger charge is -2.38. The fourth-order valence-electron chi connectivity index (χ4n) is 2.85. The smallest absolute Gasteiger partial charge is 0.308 e. The van der Waals surface area contributed by atoms with E-state index >= 15 is 0 Å². The largest absolute Gasteiger partial charge is 0.481 e. The van der Waals surface area contributed by atoms with E-state index in [-0.39, 0.29) is 12.0 Å². The minimum atomic E-state index is -0.689. The van der Waals surface area contributed by atoms with Crippen molar-refractivity contribution in [3.63, 3.8) is 0 Å². The third kappa shape index (κ3) is 4.74. The second-order valence-corrected chi connectivity index (χ2v) is 6.34. The van der Waals surface area contributed by atoms with Crippen molar-refractivity contribution in [1.29, 1.82) is 0 Å². The zero-order valence-electron chi connectivity index (χ0n) is 13.0. The highest BCUT2D eigenvalue weighted by molar-refractivity contribution is 5.71. The van der Waals surface area contributed by atoms with E-state index in [1.807, 2.05) is 18.2 Å². The topological polar surface area (TPSA) is 52.6 Å². The highest BCUT2D eigenvalue weighted by atomic mass is 16.4. The summed E-state index contributed by atoms with van der Waals surface area (Å²) in [6, 6.07) is 10.3. The van der Waals surface area contributed by atoms with E-state index < -0.39 is 5.97 Å². The number of para-hydroxylation sites is 1. The molecule has 2 rings (SSSR count). The normalized spacial score (nSPS) is 22.5. The molecule has 1 aromatic rings. The Morgan fingerprint density at radius 2 is 2.05 bits per heavy atom. The van der Waals surface area contributed by atoms with Gasteiger partial charge in [-0.25, -0.2) is 0 Å². The second kappa shape index (κ2) is 7.46. The molecule has 1 fully saturated rings. The highest BCUT2D eigenvalue weighted by Crippen LogP contribution is 2.23. The van der Waals surface area contributed by atoms with E-state index in [1.165, 1.54) is 0 Å². The van der Waals surface area contributed by atoms with Crippen LogP contribution in [0.4, 0.5) is 5.69 Å². The standard InChI is InChI=1S/C17H26N2O2/c1-13(2)8-9-18-15-10-14(17(20)21)11-19(12-15)16-6-4-3-5-7-16/h3-7,13-15,18H,8-12H2,1-2H3,(H,20,21). The highest BCUT2D eigenvalue weighted by Gasteiger charge is 2.31. The summed E-state index contributed by atoms with van der Waals surface area (Å²) < 4.78 is 0. The molecule has 21 heavy (non-hydrogen) atoms. The molecule has 0 amide bonds. The van der Waals surface area contributed by atoms with Crippen LogP contribution in [0.5, 0.6) is 0 Å². The lowest BCUT2D eigenvalue weighted by molar-refractivity contribution is -0.142. The van der Waals surface area contributed by atoms with Crippen molar-refractivity contribution in [2.45, 2.75) is 32.7 Å². The molecule has 0 aromatic heterocycles. The molecule has 116 valence electrons. The van der Waals surface area contributed by atoms with Gasteiger partial charge in [-0.2, -0.15) is 0 Å². The fourth-order valence-corrected chi connectivity index (χ4v) is 2.85. The van der Waals surface area contributed by atoms with Crippen LogP contribution in [-0.2, 0) is 4.79 Å². The van der Waals surface area contributed by atoms with Crippen LogP contribution in [0.3, 0.4) is 0 Å². The van der Waals surface area contributed by atoms with Gasteiger partial charge in [0.05, 0.1) is 5.92 Å². The van der Waals surface area contributed by atoms with Gasteiger partial charge in [-0.3, -0.25) is 4.79 Å². The number of anilines is 1. The third-order valence-electron chi connectivity index (χ3n) is 4.08. The Bertz CT molecular complexity index is 447. The molecule has 2 N–H and O–H groups in total. The molecule has 4 heteroatoms. The predicted molar refractivity (Wildman–Crippen MR) is 85.6 cm³/mol. The minimum absolute atomic E-state index is 0.249. The van der Waals surface area contributed by atoms with Gasteiger partial charge in [0.25, 0.3) is 0 Å². The summed E-state index contributed by atoms with van der Waals surface area (Å²) in [7, 11) is 0. The quantitative estimate of drug-likeness (QED) is 0.845. The first-order chi connectivity index (χ1) is 10.1. The van der Waals surface area contributed by atoms with Crippen LogP contribution >= 0.6 is 0 Å². The summed E-state index contributed by atoms with van der Waals surface area (Å²) in [6.45, 7) is 6.85. The van der Waals surface area contributed by atoms with Crippen molar-refractivity contribution < 1.29 is 9.90 Å². The molecule has 4 nitrogen and oxygen atoms in total. The Balaban J connectivity index is 2.00. The Kier molecular flexibility index (Phi) is 5.62. The monoisotopic (exact) mass is 290 g/mol. The van der Waals surface area contributed by atoms with Gasteiger partial charge in [-0.15, -0.1) is 0 Å². The Labute approximate surface area is 127 Å². The molecule has 0 radical (unpaired) electrons. The van der Waals surface area contributed by atoms with E-state index in [2.05, 4.69) is 36.2 Å². The summed E-state index contributed by atoms with van der Waals surface area (Å²) in [5.41, 5.74) is 1.11. The van der Waals surface area contributed by atoms with Crippen LogP contribution < -0.4 is 10.2 Å². The number of nitrogens with one attached hydrogen (secondary N) is 1. The van der Waals surface area contributed by atoms with Gasteiger partial charge in [-0.05, 0) is 37.4 Å². The van der Waals surface area contributed by atoms with Crippen molar-refractivity contribution in [2.24, 2.45) is 11.8 Å². The van der Waals surface area contributed by atoms with Crippen LogP contribution in [0.1, 0.15) is 26.7 Å². The summed E-state index contributed by atoms with van der Waals surface area (Å²) in [4.78, 5) is 13.6. The van der Waals surface area contributed by atoms with E-state index in [0.717, 1.165) is 31.6 Å². The Morgan fingerprint density at radius 3 is 2.67 bits per heavy atom. The van der Waals surface area contributed by atoms with E-state index in [1.54, 1.807) is 0 Å². The summed E-state index contributed by atoms with van der Waals surface area (Å²) in [5.74, 6) is -0.316. The van der Waals surface area contributed by atoms with Crippen LogP contribution in [0, 0.1) is 11.8 Å². The van der Waals surface area contributed by atoms with E-state index in [9.17, 15) is 9.90 Å². The average Bonchev–Trinajstić information content (AvgIpc) is 2.47. The van der Waals surface area contributed by atoms with Gasteiger partial charge in [0.2, 0.25) is 0 Å². The number of carboxylic acid groups (broad SMARTS) is 1. The van der Waals surface area contributed by atoms with Crippen molar-refractivity contribution in [3.8, 4) is 0 Å². The lowest BCUT2D eigenvalue weighted by Crippen LogP contribution is -2.51. The first kappa shape index (κ1) is 15.8. The second-order valence-electron chi connectivity index (χ2n) is 6.34. The molecule has 2 atom stereocenters. The zero-order chi connectivity index (χ0) is 15.2. The van der Waals surface area contributed by atoms with Crippen molar-refractivity contribution >= 4 is 11.7 Å². The summed E-state index contributed by atoms with van der Waals surface area (Å²) in [5, 5.41) is 12.9. The third-order valence-corrected chi connectivity index (χ3v) is 4.08. The number of benzene rings is 1. The van der Waals surface area contributed by atoms with Crippen molar-refractivity contribution in [1.82, 2.24) is 5.32 Å². The SMILES string of the molecule is CC(C)CCNC1CC(C(=O)O)CN(c2ccccc2)C1. The fraction of sp³-hybridized carbons (Fsp3) is 0.588. The number of carbonyl (C=O) groups is 1. The molecule has 1 heterocycles. The molecule has 1 aromatic carbocycles. The maximum absolute atomic E-state index is 11.4. The molecule has 0 aliphatic carbocycles. The number of hydrogen-bond donors (Lipinski definition) is 2. The van der Waals surface area contributed by atoms with Gasteiger partial charge in [0, 0.05) is 24.8 Å². The molecule has 2 unspecified atom stereocenters. The number of hydrogen-bond acceptors (Lipinski definition) is 3. The number of carboxylic acids is 1. The summed E-state index contributed by atoms with van der Waals surface area (Å²) >= 11 is 0. The lowest BCUT2D eigenvalue weighted by atomic mass is 9.93. The number of piperidine rings is 1. The maximum Gasteiger partial charge on any atom is 0.308 e. The van der Waals surface area contributed by atoms with Gasteiger partial charge in [0.1, 0.15) is 0 Å². The van der Waals surface area contributed by atoms with Gasteiger partial charge in [-0.1, -0.05) is 32.0 Å². The number of nitrogens with zero attached hydrogens (tertiary/aromatic N) is 1. The van der Waals surface area contributed by atoms with Crippen LogP contribution in [0.2, 0.25) is 0 Å². The number of aliphatic carboxylic acids is 1. The van der Waals surface area contributed by atoms with Crippen LogP contribution in [-0.4, -0.2) is 36.8 Å². The first-order valence-electron chi connectivity index (χ1n) is 7.82. The molecule has 0 bridgehead atoms. The molecule has 1 aliphatic rings. The molecule has 0 saturated carbocycles. The predicted octanol–water partition coefficient (Wildman–Crippen LogP) is 2.60. The minimum Gasteiger partial charge on any atom is -0.481 e. The van der Waals surface area contributed by atoms with Gasteiger partial charge >= 0.3 is 5.97 Å². The maximum atomic E-state index is 11.4.